The third-order valence-electron chi connectivity index (χ3n) is 1.85. The largest absolute Gasteiger partial charge is 0.369 e. The van der Waals surface area contributed by atoms with Crippen molar-refractivity contribution in [2.45, 2.75) is 33.7 Å². The Morgan fingerprint density at radius 3 is 2.58 bits per heavy atom. The minimum Gasteiger partial charge on any atom is -0.369 e. The van der Waals surface area contributed by atoms with E-state index in [1.54, 1.807) is 6.20 Å². The van der Waals surface area contributed by atoms with E-state index in [0.717, 1.165) is 13.0 Å². The fraction of sp³-hybridized carbons (Fsp3) is 0.667. The van der Waals surface area contributed by atoms with Gasteiger partial charge in [-0.1, -0.05) is 20.8 Å². The van der Waals surface area contributed by atoms with E-state index in [2.05, 4.69) is 25.8 Å². The molecule has 0 saturated carbocycles. The molecule has 1 rings (SSSR count). The summed E-state index contributed by atoms with van der Waals surface area (Å²) in [4.78, 5) is 3.96. The number of rotatable bonds is 2. The van der Waals surface area contributed by atoms with E-state index in [4.69, 9.17) is 5.73 Å². The zero-order chi connectivity index (χ0) is 9.19. The number of aromatic nitrogens is 2. The maximum absolute atomic E-state index is 5.62. The molecule has 12 heavy (non-hydrogen) atoms. The summed E-state index contributed by atoms with van der Waals surface area (Å²) in [6.45, 7) is 7.62. The highest BCUT2D eigenvalue weighted by Crippen LogP contribution is 2.19. The summed E-state index contributed by atoms with van der Waals surface area (Å²) in [7, 11) is 0. The van der Waals surface area contributed by atoms with Crippen LogP contribution in [0.3, 0.4) is 0 Å². The highest BCUT2D eigenvalue weighted by molar-refractivity contribution is 5.16. The van der Waals surface area contributed by atoms with Crippen molar-refractivity contribution in [2.24, 2.45) is 5.41 Å². The molecule has 0 atom stereocenters. The molecule has 1 aromatic rings. The Labute approximate surface area is 73.6 Å². The molecular weight excluding hydrogens is 150 g/mol. The van der Waals surface area contributed by atoms with Gasteiger partial charge in [0, 0.05) is 18.9 Å². The van der Waals surface area contributed by atoms with Crippen LogP contribution in [-0.4, -0.2) is 9.55 Å². The monoisotopic (exact) mass is 167 g/mol. The summed E-state index contributed by atoms with van der Waals surface area (Å²) in [6, 6.07) is 0. The van der Waals surface area contributed by atoms with Crippen molar-refractivity contribution in [3.63, 3.8) is 0 Å². The number of imidazole rings is 1. The Bertz CT molecular complexity index is 245. The summed E-state index contributed by atoms with van der Waals surface area (Å²) in [6.07, 6.45) is 4.77. The fourth-order valence-electron chi connectivity index (χ4n) is 0.986. The summed E-state index contributed by atoms with van der Waals surface area (Å²) in [5.74, 6) is 0.610. The van der Waals surface area contributed by atoms with Gasteiger partial charge in [0.05, 0.1) is 0 Å². The number of aryl methyl sites for hydroxylation is 1. The molecule has 0 amide bonds. The Kier molecular flexibility index (Phi) is 2.40. The first-order valence-corrected chi connectivity index (χ1v) is 4.26. The van der Waals surface area contributed by atoms with Crippen molar-refractivity contribution in [2.75, 3.05) is 5.73 Å². The molecule has 2 N–H and O–H groups in total. The van der Waals surface area contributed by atoms with E-state index >= 15 is 0 Å². The van der Waals surface area contributed by atoms with Crippen LogP contribution >= 0.6 is 0 Å². The molecule has 3 heteroatoms. The molecule has 0 aromatic carbocycles. The van der Waals surface area contributed by atoms with E-state index in [-0.39, 0.29) is 0 Å². The van der Waals surface area contributed by atoms with Crippen molar-refractivity contribution in [3.8, 4) is 0 Å². The number of nitrogen functional groups attached to an aromatic ring is 1. The molecule has 0 fully saturated rings. The highest BCUT2D eigenvalue weighted by Gasteiger charge is 2.10. The third-order valence-corrected chi connectivity index (χ3v) is 1.85. The normalized spacial score (nSPS) is 11.9. The van der Waals surface area contributed by atoms with Crippen molar-refractivity contribution in [1.29, 1.82) is 0 Å². The quantitative estimate of drug-likeness (QED) is 0.731. The summed E-state index contributed by atoms with van der Waals surface area (Å²) in [5.41, 5.74) is 5.98. The van der Waals surface area contributed by atoms with Crippen molar-refractivity contribution in [1.82, 2.24) is 9.55 Å². The van der Waals surface area contributed by atoms with Gasteiger partial charge in [0.25, 0.3) is 0 Å². The van der Waals surface area contributed by atoms with E-state index in [9.17, 15) is 0 Å². The van der Waals surface area contributed by atoms with Crippen LogP contribution < -0.4 is 5.73 Å². The first kappa shape index (κ1) is 9.10. The Hall–Kier alpha value is -0.990. The first-order chi connectivity index (χ1) is 5.49. The minimum absolute atomic E-state index is 0.358. The van der Waals surface area contributed by atoms with Gasteiger partial charge in [-0.3, -0.25) is 0 Å². The summed E-state index contributed by atoms with van der Waals surface area (Å²) < 4.78 is 1.98. The first-order valence-electron chi connectivity index (χ1n) is 4.26. The SMILES string of the molecule is CC(C)(C)CCn1ccnc1N. The summed E-state index contributed by atoms with van der Waals surface area (Å²) >= 11 is 0. The Balaban J connectivity index is 2.49. The van der Waals surface area contributed by atoms with Gasteiger partial charge in [0.15, 0.2) is 5.95 Å². The second-order valence-corrected chi connectivity index (χ2v) is 4.29. The van der Waals surface area contributed by atoms with Crippen LogP contribution in [0.4, 0.5) is 5.95 Å². The maximum Gasteiger partial charge on any atom is 0.200 e. The van der Waals surface area contributed by atoms with Crippen molar-refractivity contribution in [3.05, 3.63) is 12.4 Å². The van der Waals surface area contributed by atoms with Crippen molar-refractivity contribution >= 4 is 5.95 Å². The fourth-order valence-corrected chi connectivity index (χ4v) is 0.986. The Morgan fingerprint density at radius 2 is 2.17 bits per heavy atom. The third kappa shape index (κ3) is 2.57. The van der Waals surface area contributed by atoms with Crippen LogP contribution in [0.5, 0.6) is 0 Å². The van der Waals surface area contributed by atoms with Crippen molar-refractivity contribution < 1.29 is 0 Å². The van der Waals surface area contributed by atoms with Crippen LogP contribution in [-0.2, 0) is 6.54 Å². The molecular formula is C9H17N3. The molecule has 0 spiro atoms. The minimum atomic E-state index is 0.358. The smallest absolute Gasteiger partial charge is 0.200 e. The van der Waals surface area contributed by atoms with Gasteiger partial charge in [0.1, 0.15) is 0 Å². The lowest BCUT2D eigenvalue weighted by Crippen LogP contribution is -2.11. The highest BCUT2D eigenvalue weighted by atomic mass is 15.1. The van der Waals surface area contributed by atoms with Gasteiger partial charge < -0.3 is 10.3 Å². The average Bonchev–Trinajstić information content (AvgIpc) is 2.29. The average molecular weight is 167 g/mol. The molecule has 0 aliphatic rings. The maximum atomic E-state index is 5.62. The topological polar surface area (TPSA) is 43.8 Å². The molecule has 0 unspecified atom stereocenters. The second kappa shape index (κ2) is 3.17. The lowest BCUT2D eigenvalue weighted by atomic mass is 9.92. The molecule has 0 aliphatic carbocycles. The van der Waals surface area contributed by atoms with E-state index < -0.39 is 0 Å². The van der Waals surface area contributed by atoms with Gasteiger partial charge >= 0.3 is 0 Å². The van der Waals surface area contributed by atoms with Gasteiger partial charge in [-0.25, -0.2) is 4.98 Å². The van der Waals surface area contributed by atoms with Gasteiger partial charge in [0.2, 0.25) is 0 Å². The number of hydrogen-bond donors (Lipinski definition) is 1. The molecule has 0 saturated heterocycles. The Morgan fingerprint density at radius 1 is 1.50 bits per heavy atom. The van der Waals surface area contributed by atoms with E-state index in [1.807, 2.05) is 10.8 Å². The zero-order valence-corrected chi connectivity index (χ0v) is 8.04. The molecule has 1 aromatic heterocycles. The molecule has 0 bridgehead atoms. The molecule has 3 nitrogen and oxygen atoms in total. The number of anilines is 1. The molecule has 1 heterocycles. The second-order valence-electron chi connectivity index (χ2n) is 4.29. The van der Waals surface area contributed by atoms with Crippen LogP contribution in [0.2, 0.25) is 0 Å². The lowest BCUT2D eigenvalue weighted by molar-refractivity contribution is 0.351. The molecule has 0 radical (unpaired) electrons. The lowest BCUT2D eigenvalue weighted by Gasteiger charge is -2.18. The molecule has 68 valence electrons. The standard InChI is InChI=1S/C9H17N3/c1-9(2,3)4-6-12-7-5-11-8(12)10/h5,7H,4,6H2,1-3H3,(H2,10,11). The summed E-state index contributed by atoms with van der Waals surface area (Å²) in [5, 5.41) is 0. The molecule has 0 aliphatic heterocycles. The van der Waals surface area contributed by atoms with Crippen LogP contribution in [0.15, 0.2) is 12.4 Å². The van der Waals surface area contributed by atoms with Gasteiger partial charge in [-0.2, -0.15) is 0 Å². The zero-order valence-electron chi connectivity index (χ0n) is 8.04. The van der Waals surface area contributed by atoms with Crippen LogP contribution in [0, 0.1) is 5.41 Å². The van der Waals surface area contributed by atoms with Crippen LogP contribution in [0.1, 0.15) is 27.2 Å². The van der Waals surface area contributed by atoms with Gasteiger partial charge in [-0.05, 0) is 11.8 Å². The number of hydrogen-bond acceptors (Lipinski definition) is 2. The number of nitrogens with zero attached hydrogens (tertiary/aromatic N) is 2. The van der Waals surface area contributed by atoms with Crippen LogP contribution in [0.25, 0.3) is 0 Å². The predicted molar refractivity (Wildman–Crippen MR) is 50.7 cm³/mol. The van der Waals surface area contributed by atoms with Gasteiger partial charge in [-0.15, -0.1) is 0 Å². The predicted octanol–water partition coefficient (Wildman–Crippen LogP) is 1.90. The van der Waals surface area contributed by atoms with E-state index in [1.165, 1.54) is 0 Å². The number of nitrogens with two attached hydrogens (primary N) is 1. The van der Waals surface area contributed by atoms with E-state index in [0.29, 0.717) is 11.4 Å².